The van der Waals surface area contributed by atoms with Crippen LogP contribution < -0.4 is 5.32 Å². The standard InChI is InChI=1S/C17H23N3S/c1-13-12-21-17(19-13)11-20-10-16(18-9-8-14(20)2)15-6-4-3-5-7-15/h3-7,12,14,16,18H,8-11H2,1-2H3. The zero-order valence-corrected chi connectivity index (χ0v) is 13.6. The Kier molecular flexibility index (Phi) is 4.68. The Hall–Kier alpha value is -1.23. The van der Waals surface area contributed by atoms with E-state index >= 15 is 0 Å². The van der Waals surface area contributed by atoms with E-state index in [1.807, 2.05) is 0 Å². The zero-order chi connectivity index (χ0) is 14.7. The molecule has 2 atom stereocenters. The first-order valence-electron chi connectivity index (χ1n) is 7.66. The van der Waals surface area contributed by atoms with Gasteiger partial charge >= 0.3 is 0 Å². The first-order chi connectivity index (χ1) is 10.2. The van der Waals surface area contributed by atoms with Crippen LogP contribution >= 0.6 is 11.3 Å². The van der Waals surface area contributed by atoms with Gasteiger partial charge in [-0.2, -0.15) is 0 Å². The molecule has 0 saturated carbocycles. The molecule has 0 amide bonds. The van der Waals surface area contributed by atoms with Gasteiger partial charge in [0.25, 0.3) is 0 Å². The second kappa shape index (κ2) is 6.69. The van der Waals surface area contributed by atoms with Gasteiger partial charge in [0.15, 0.2) is 0 Å². The van der Waals surface area contributed by atoms with Crippen molar-refractivity contribution in [1.29, 1.82) is 0 Å². The van der Waals surface area contributed by atoms with Crippen LogP contribution in [-0.2, 0) is 6.54 Å². The van der Waals surface area contributed by atoms with Crippen molar-refractivity contribution in [2.75, 3.05) is 13.1 Å². The molecule has 0 aliphatic carbocycles. The zero-order valence-electron chi connectivity index (χ0n) is 12.7. The van der Waals surface area contributed by atoms with Gasteiger partial charge < -0.3 is 5.32 Å². The summed E-state index contributed by atoms with van der Waals surface area (Å²) < 4.78 is 0. The van der Waals surface area contributed by atoms with Crippen molar-refractivity contribution in [3.05, 3.63) is 52.0 Å². The van der Waals surface area contributed by atoms with Crippen LogP contribution in [0.15, 0.2) is 35.7 Å². The molecule has 21 heavy (non-hydrogen) atoms. The Morgan fingerprint density at radius 3 is 2.86 bits per heavy atom. The lowest BCUT2D eigenvalue weighted by Gasteiger charge is -2.28. The van der Waals surface area contributed by atoms with Gasteiger partial charge in [-0.3, -0.25) is 4.90 Å². The highest BCUT2D eigenvalue weighted by atomic mass is 32.1. The molecule has 1 aromatic carbocycles. The summed E-state index contributed by atoms with van der Waals surface area (Å²) in [5.41, 5.74) is 2.52. The van der Waals surface area contributed by atoms with Crippen LogP contribution in [0.2, 0.25) is 0 Å². The molecule has 1 saturated heterocycles. The van der Waals surface area contributed by atoms with Crippen molar-refractivity contribution in [2.45, 2.75) is 38.9 Å². The lowest BCUT2D eigenvalue weighted by Crippen LogP contribution is -2.35. The Balaban J connectivity index is 1.74. The topological polar surface area (TPSA) is 28.2 Å². The fraction of sp³-hybridized carbons (Fsp3) is 0.471. The van der Waals surface area contributed by atoms with E-state index < -0.39 is 0 Å². The number of benzene rings is 1. The van der Waals surface area contributed by atoms with E-state index in [9.17, 15) is 0 Å². The van der Waals surface area contributed by atoms with Crippen molar-refractivity contribution in [3.8, 4) is 0 Å². The molecule has 1 aliphatic rings. The summed E-state index contributed by atoms with van der Waals surface area (Å²) in [5.74, 6) is 0. The maximum Gasteiger partial charge on any atom is 0.107 e. The molecular formula is C17H23N3S. The number of thiazole rings is 1. The SMILES string of the molecule is Cc1csc(CN2CC(c3ccccc3)NCCC2C)n1. The lowest BCUT2D eigenvalue weighted by atomic mass is 10.1. The van der Waals surface area contributed by atoms with Gasteiger partial charge in [-0.15, -0.1) is 11.3 Å². The fourth-order valence-electron chi connectivity index (χ4n) is 2.91. The summed E-state index contributed by atoms with van der Waals surface area (Å²) in [5, 5.41) is 7.06. The van der Waals surface area contributed by atoms with Crippen LogP contribution in [0.3, 0.4) is 0 Å². The van der Waals surface area contributed by atoms with Crippen molar-refractivity contribution in [2.24, 2.45) is 0 Å². The molecule has 0 spiro atoms. The van der Waals surface area contributed by atoms with Crippen LogP contribution in [0.4, 0.5) is 0 Å². The Morgan fingerprint density at radius 1 is 1.33 bits per heavy atom. The van der Waals surface area contributed by atoms with Gasteiger partial charge in [0.05, 0.1) is 6.54 Å². The average Bonchev–Trinajstić information content (AvgIpc) is 2.81. The molecule has 1 aliphatic heterocycles. The number of hydrogen-bond acceptors (Lipinski definition) is 4. The minimum absolute atomic E-state index is 0.414. The third-order valence-corrected chi connectivity index (χ3v) is 5.15. The summed E-state index contributed by atoms with van der Waals surface area (Å²) in [6.45, 7) is 7.48. The van der Waals surface area contributed by atoms with Gasteiger partial charge in [-0.05, 0) is 32.4 Å². The third-order valence-electron chi connectivity index (χ3n) is 4.20. The predicted octanol–water partition coefficient (Wildman–Crippen LogP) is 3.38. The quantitative estimate of drug-likeness (QED) is 0.942. The molecule has 1 aromatic heterocycles. The lowest BCUT2D eigenvalue weighted by molar-refractivity contribution is 0.196. The minimum Gasteiger partial charge on any atom is -0.309 e. The highest BCUT2D eigenvalue weighted by Crippen LogP contribution is 2.22. The van der Waals surface area contributed by atoms with Crippen molar-refractivity contribution in [3.63, 3.8) is 0 Å². The van der Waals surface area contributed by atoms with Crippen LogP contribution in [0, 0.1) is 6.92 Å². The monoisotopic (exact) mass is 301 g/mol. The van der Waals surface area contributed by atoms with E-state index in [2.05, 4.69) is 64.8 Å². The van der Waals surface area contributed by atoms with Gasteiger partial charge in [0, 0.05) is 29.7 Å². The first kappa shape index (κ1) is 14.7. The van der Waals surface area contributed by atoms with E-state index in [1.54, 1.807) is 11.3 Å². The molecule has 0 radical (unpaired) electrons. The Labute approximate surface area is 131 Å². The second-order valence-electron chi connectivity index (χ2n) is 5.87. The summed E-state index contributed by atoms with van der Waals surface area (Å²) >= 11 is 1.78. The van der Waals surface area contributed by atoms with Crippen molar-refractivity contribution < 1.29 is 0 Å². The largest absolute Gasteiger partial charge is 0.309 e. The van der Waals surface area contributed by atoms with Crippen LogP contribution in [0.1, 0.15) is 35.7 Å². The summed E-state index contributed by atoms with van der Waals surface area (Å²) in [6.07, 6.45) is 1.19. The van der Waals surface area contributed by atoms with Gasteiger partial charge in [0.1, 0.15) is 5.01 Å². The van der Waals surface area contributed by atoms with Crippen LogP contribution in [0.5, 0.6) is 0 Å². The molecule has 1 fully saturated rings. The minimum atomic E-state index is 0.414. The maximum absolute atomic E-state index is 4.62. The van der Waals surface area contributed by atoms with E-state index in [1.165, 1.54) is 17.0 Å². The maximum atomic E-state index is 4.62. The van der Waals surface area contributed by atoms with E-state index in [0.717, 1.165) is 25.3 Å². The number of aryl methyl sites for hydroxylation is 1. The molecule has 112 valence electrons. The number of rotatable bonds is 3. The Bertz CT molecular complexity index is 566. The molecule has 4 heteroatoms. The first-order valence-corrected chi connectivity index (χ1v) is 8.54. The molecule has 2 heterocycles. The number of hydrogen-bond donors (Lipinski definition) is 1. The van der Waals surface area contributed by atoms with Gasteiger partial charge in [-0.1, -0.05) is 30.3 Å². The Morgan fingerprint density at radius 2 is 2.14 bits per heavy atom. The number of nitrogens with one attached hydrogen (secondary N) is 1. The molecule has 2 unspecified atom stereocenters. The van der Waals surface area contributed by atoms with Crippen LogP contribution in [-0.4, -0.2) is 29.0 Å². The van der Waals surface area contributed by atoms with E-state index in [4.69, 9.17) is 0 Å². The smallest absolute Gasteiger partial charge is 0.107 e. The highest BCUT2D eigenvalue weighted by Gasteiger charge is 2.24. The third kappa shape index (κ3) is 3.70. The summed E-state index contributed by atoms with van der Waals surface area (Å²) in [6, 6.07) is 11.8. The van der Waals surface area contributed by atoms with E-state index in [-0.39, 0.29) is 0 Å². The molecular weight excluding hydrogens is 278 g/mol. The molecule has 3 nitrogen and oxygen atoms in total. The van der Waals surface area contributed by atoms with Crippen molar-refractivity contribution in [1.82, 2.24) is 15.2 Å². The predicted molar refractivity (Wildman–Crippen MR) is 88.5 cm³/mol. The molecule has 1 N–H and O–H groups in total. The molecule has 0 bridgehead atoms. The summed E-state index contributed by atoms with van der Waals surface area (Å²) in [4.78, 5) is 7.19. The van der Waals surface area contributed by atoms with Crippen LogP contribution in [0.25, 0.3) is 0 Å². The van der Waals surface area contributed by atoms with Gasteiger partial charge in [0.2, 0.25) is 0 Å². The molecule has 3 rings (SSSR count). The highest BCUT2D eigenvalue weighted by molar-refractivity contribution is 7.09. The summed E-state index contributed by atoms with van der Waals surface area (Å²) in [7, 11) is 0. The normalized spacial score (nSPS) is 23.9. The van der Waals surface area contributed by atoms with E-state index in [0.29, 0.717) is 12.1 Å². The second-order valence-corrected chi connectivity index (χ2v) is 6.81. The average molecular weight is 301 g/mol. The number of aromatic nitrogens is 1. The van der Waals surface area contributed by atoms with Crippen molar-refractivity contribution >= 4 is 11.3 Å². The van der Waals surface area contributed by atoms with Gasteiger partial charge in [-0.25, -0.2) is 4.98 Å². The number of nitrogens with zero attached hydrogens (tertiary/aromatic N) is 2. The molecule has 2 aromatic rings. The fourth-order valence-corrected chi connectivity index (χ4v) is 3.70.